The number of aromatic nitrogens is 2. The van der Waals surface area contributed by atoms with E-state index in [4.69, 9.17) is 17.3 Å². The first-order valence-corrected chi connectivity index (χ1v) is 10.3. The zero-order valence-corrected chi connectivity index (χ0v) is 18.9. The summed E-state index contributed by atoms with van der Waals surface area (Å²) in [7, 11) is 1.35. The fourth-order valence-electron chi connectivity index (χ4n) is 2.43. The summed E-state index contributed by atoms with van der Waals surface area (Å²) in [6, 6.07) is 2.93. The molecule has 1 aromatic carbocycles. The third-order valence-corrected chi connectivity index (χ3v) is 5.49. The number of hydrogen-bond donors (Lipinski definition) is 1. The van der Waals surface area contributed by atoms with Crippen LogP contribution >= 0.6 is 23.4 Å². The number of thioether (sulfide) groups is 1. The van der Waals surface area contributed by atoms with E-state index in [2.05, 4.69) is 18.3 Å². The van der Waals surface area contributed by atoms with E-state index in [1.165, 1.54) is 24.0 Å². The molecular weight excluding hydrogens is 430 g/mol. The molecule has 1 amide bonds. The van der Waals surface area contributed by atoms with Crippen molar-refractivity contribution in [2.45, 2.75) is 26.1 Å². The Hall–Kier alpha value is -2.42. The average molecular weight is 455 g/mol. The predicted octanol–water partition coefficient (Wildman–Crippen LogP) is 5.54. The Morgan fingerprint density at radius 1 is 1.37 bits per heavy atom. The highest BCUT2D eigenvalue weighted by atomic mass is 35.5. The molecule has 0 aliphatic rings. The zero-order valence-electron chi connectivity index (χ0n) is 17.3. The highest BCUT2D eigenvalue weighted by molar-refractivity contribution is 8.05. The predicted molar refractivity (Wildman–Crippen MR) is 124 cm³/mol. The number of likely N-dealkylation sites (N-methyl/N-ethyl adjacent to an activating group) is 1. The number of benzene rings is 1. The van der Waals surface area contributed by atoms with Gasteiger partial charge in [-0.15, -0.1) is 0 Å². The molecule has 0 aliphatic heterocycles. The van der Waals surface area contributed by atoms with Crippen molar-refractivity contribution in [3.05, 3.63) is 64.8 Å². The molecule has 2 N–H and O–H groups in total. The maximum absolute atomic E-state index is 13.9. The smallest absolute Gasteiger partial charge is 0.254 e. The molecule has 30 heavy (non-hydrogen) atoms. The summed E-state index contributed by atoms with van der Waals surface area (Å²) in [4.78, 5) is 13.6. The molecule has 1 unspecified atom stereocenters. The van der Waals surface area contributed by atoms with Crippen LogP contribution in [-0.4, -0.2) is 28.1 Å². The highest BCUT2D eigenvalue weighted by Crippen LogP contribution is 2.34. The van der Waals surface area contributed by atoms with Crippen molar-refractivity contribution in [3.8, 4) is 0 Å². The van der Waals surface area contributed by atoms with Crippen molar-refractivity contribution in [2.75, 3.05) is 11.9 Å². The Labute approximate surface area is 184 Å². The summed E-state index contributed by atoms with van der Waals surface area (Å²) in [5, 5.41) is 3.06. The van der Waals surface area contributed by atoms with Crippen LogP contribution in [0.2, 0.25) is 0 Å². The fourth-order valence-corrected chi connectivity index (χ4v) is 3.59. The lowest BCUT2D eigenvalue weighted by Gasteiger charge is -2.21. The van der Waals surface area contributed by atoms with E-state index in [1.54, 1.807) is 19.2 Å². The first-order valence-electron chi connectivity index (χ1n) is 9.05. The Balaban J connectivity index is 0.00000218. The van der Waals surface area contributed by atoms with Gasteiger partial charge < -0.3 is 10.6 Å². The molecule has 1 heterocycles. The van der Waals surface area contributed by atoms with Gasteiger partial charge in [-0.3, -0.25) is 4.79 Å². The van der Waals surface area contributed by atoms with E-state index in [1.807, 2.05) is 13.8 Å². The minimum Gasteiger partial charge on any atom is -0.311 e. The van der Waals surface area contributed by atoms with E-state index in [0.717, 1.165) is 22.7 Å². The minimum atomic E-state index is -1.10. The minimum absolute atomic E-state index is 0.0829. The summed E-state index contributed by atoms with van der Waals surface area (Å²) in [5.74, 6) is -2.19. The lowest BCUT2D eigenvalue weighted by atomic mass is 10.1. The van der Waals surface area contributed by atoms with Gasteiger partial charge in [0.1, 0.15) is 17.0 Å². The summed E-state index contributed by atoms with van der Waals surface area (Å²) in [6.45, 7) is 13.2. The van der Waals surface area contributed by atoms with Gasteiger partial charge in [-0.2, -0.15) is 5.10 Å². The maximum atomic E-state index is 13.9. The Kier molecular flexibility index (Phi) is 9.98. The van der Waals surface area contributed by atoms with Gasteiger partial charge in [0.05, 0.1) is 21.9 Å². The molecule has 0 bridgehead atoms. The van der Waals surface area contributed by atoms with Gasteiger partial charge in [0, 0.05) is 24.9 Å². The van der Waals surface area contributed by atoms with Crippen LogP contribution in [0.25, 0.3) is 17.8 Å². The van der Waals surface area contributed by atoms with Gasteiger partial charge in [0.2, 0.25) is 0 Å². The molecule has 2 aromatic rings. The standard InChI is InChI=1S/C19H19ClF2N4OS.C2H6/c1-5-15-13(10-24-26(15)6-2)11(3)17(20)28-18(23)19(27)25(4)16-8-7-12(21)9-14(16)22;1-2/h5-10,18H,1-2,23H2,3-4H3;1-2H3/b17-11+;. The normalized spacial score (nSPS) is 12.3. The Morgan fingerprint density at radius 2 is 2.00 bits per heavy atom. The van der Waals surface area contributed by atoms with Crippen LogP contribution in [-0.2, 0) is 4.79 Å². The molecule has 0 radical (unpaired) electrons. The van der Waals surface area contributed by atoms with Gasteiger partial charge in [-0.1, -0.05) is 50.4 Å². The SMILES string of the molecule is C=Cc1c(/C(C)=C(\Cl)SC(N)C(=O)N(C)c2ccc(F)cc2F)cnn1C=C.CC. The van der Waals surface area contributed by atoms with Crippen molar-refractivity contribution in [2.24, 2.45) is 5.73 Å². The highest BCUT2D eigenvalue weighted by Gasteiger charge is 2.24. The lowest BCUT2D eigenvalue weighted by molar-refractivity contribution is -0.117. The zero-order chi connectivity index (χ0) is 23.0. The number of allylic oxidation sites excluding steroid dienone is 1. The number of hydrogen-bond acceptors (Lipinski definition) is 4. The van der Waals surface area contributed by atoms with Crippen molar-refractivity contribution < 1.29 is 13.6 Å². The van der Waals surface area contributed by atoms with E-state index in [-0.39, 0.29) is 10.1 Å². The molecule has 162 valence electrons. The number of amides is 1. The molecule has 1 aromatic heterocycles. The van der Waals surface area contributed by atoms with Gasteiger partial charge in [-0.25, -0.2) is 13.5 Å². The van der Waals surface area contributed by atoms with Crippen LogP contribution in [0, 0.1) is 11.6 Å². The number of rotatable bonds is 7. The number of nitrogens with two attached hydrogens (primary N) is 1. The Bertz CT molecular complexity index is 958. The summed E-state index contributed by atoms with van der Waals surface area (Å²) in [6.07, 6.45) is 4.74. The largest absolute Gasteiger partial charge is 0.311 e. The molecule has 1 atom stereocenters. The van der Waals surface area contributed by atoms with Crippen LogP contribution in [0.1, 0.15) is 32.0 Å². The van der Waals surface area contributed by atoms with Crippen molar-refractivity contribution >= 4 is 52.8 Å². The number of carbonyl (C=O) groups excluding carboxylic acids is 1. The molecular formula is C21H25ClF2N4OS. The number of nitrogens with zero attached hydrogens (tertiary/aromatic N) is 3. The van der Waals surface area contributed by atoms with Gasteiger partial charge in [-0.05, 0) is 30.7 Å². The number of carbonyl (C=O) groups is 1. The summed E-state index contributed by atoms with van der Waals surface area (Å²) >= 11 is 7.28. The summed E-state index contributed by atoms with van der Waals surface area (Å²) in [5.41, 5.74) is 7.92. The Morgan fingerprint density at radius 3 is 2.53 bits per heavy atom. The van der Waals surface area contributed by atoms with Crippen LogP contribution in [0.4, 0.5) is 14.5 Å². The summed E-state index contributed by atoms with van der Waals surface area (Å²) < 4.78 is 28.8. The second-order valence-corrected chi connectivity index (χ2v) is 7.46. The number of halogens is 3. The van der Waals surface area contributed by atoms with Crippen molar-refractivity contribution in [1.29, 1.82) is 0 Å². The van der Waals surface area contributed by atoms with Crippen molar-refractivity contribution in [3.63, 3.8) is 0 Å². The van der Waals surface area contributed by atoms with Crippen LogP contribution < -0.4 is 10.6 Å². The van der Waals surface area contributed by atoms with Crippen LogP contribution in [0.3, 0.4) is 0 Å². The molecule has 0 fully saturated rings. The van der Waals surface area contributed by atoms with Crippen LogP contribution in [0.15, 0.2) is 41.9 Å². The second kappa shape index (κ2) is 11.7. The first kappa shape index (κ1) is 25.6. The number of anilines is 1. The molecule has 2 rings (SSSR count). The lowest BCUT2D eigenvalue weighted by Crippen LogP contribution is -2.40. The monoisotopic (exact) mass is 454 g/mol. The van der Waals surface area contributed by atoms with E-state index in [9.17, 15) is 13.6 Å². The quantitative estimate of drug-likeness (QED) is 0.558. The topological polar surface area (TPSA) is 64.2 Å². The molecule has 0 saturated carbocycles. The van der Waals surface area contributed by atoms with Gasteiger partial charge in [0.25, 0.3) is 5.91 Å². The molecule has 9 heteroatoms. The van der Waals surface area contributed by atoms with E-state index >= 15 is 0 Å². The third kappa shape index (κ3) is 5.81. The molecule has 5 nitrogen and oxygen atoms in total. The fraction of sp³-hybridized carbons (Fsp3) is 0.238. The molecule has 0 saturated heterocycles. The first-order chi connectivity index (χ1) is 14.2. The van der Waals surface area contributed by atoms with E-state index < -0.39 is 22.9 Å². The molecule has 0 aliphatic carbocycles. The average Bonchev–Trinajstić information content (AvgIpc) is 3.16. The van der Waals surface area contributed by atoms with Gasteiger partial charge >= 0.3 is 0 Å². The van der Waals surface area contributed by atoms with Crippen molar-refractivity contribution in [1.82, 2.24) is 9.78 Å². The molecule has 0 spiro atoms. The maximum Gasteiger partial charge on any atom is 0.254 e. The van der Waals surface area contributed by atoms with Crippen LogP contribution in [0.5, 0.6) is 0 Å². The second-order valence-electron chi connectivity index (χ2n) is 5.70. The van der Waals surface area contributed by atoms with E-state index in [0.29, 0.717) is 22.9 Å². The van der Waals surface area contributed by atoms with Gasteiger partial charge in [0.15, 0.2) is 0 Å². The third-order valence-electron chi connectivity index (χ3n) is 3.97.